The molecule has 20 heavy (non-hydrogen) atoms. The molecule has 0 bridgehead atoms. The van der Waals surface area contributed by atoms with Gasteiger partial charge in [0.15, 0.2) is 0 Å². The van der Waals surface area contributed by atoms with Crippen LogP contribution >= 0.6 is 0 Å². The summed E-state index contributed by atoms with van der Waals surface area (Å²) >= 11 is 0. The number of aliphatic hydroxyl groups is 1. The topological polar surface area (TPSA) is 41.5 Å². The number of rotatable bonds is 8. The first kappa shape index (κ1) is 16.7. The number of ether oxygens (including phenoxy) is 1. The Labute approximate surface area is 122 Å². The van der Waals surface area contributed by atoms with Crippen molar-refractivity contribution < 1.29 is 9.84 Å². The van der Waals surface area contributed by atoms with E-state index in [9.17, 15) is 5.11 Å². The lowest BCUT2D eigenvalue weighted by Crippen LogP contribution is -2.24. The largest absolute Gasteiger partial charge is 0.497 e. The quantitative estimate of drug-likeness (QED) is 0.767. The second-order valence-electron chi connectivity index (χ2n) is 5.58. The Balaban J connectivity index is 2.37. The molecule has 1 aromatic carbocycles. The summed E-state index contributed by atoms with van der Waals surface area (Å²) in [6.45, 7) is 7.92. The summed E-state index contributed by atoms with van der Waals surface area (Å²) in [7, 11) is 1.68. The van der Waals surface area contributed by atoms with E-state index in [0.717, 1.165) is 25.3 Å². The zero-order chi connectivity index (χ0) is 15.0. The molecule has 0 saturated carbocycles. The lowest BCUT2D eigenvalue weighted by molar-refractivity contribution is 0.163. The molecule has 0 saturated heterocycles. The zero-order valence-corrected chi connectivity index (χ0v) is 13.0. The van der Waals surface area contributed by atoms with E-state index < -0.39 is 0 Å². The maximum Gasteiger partial charge on any atom is 0.118 e. The van der Waals surface area contributed by atoms with Crippen LogP contribution in [0.5, 0.6) is 5.75 Å². The van der Waals surface area contributed by atoms with E-state index in [2.05, 4.69) is 37.4 Å². The van der Waals surface area contributed by atoms with Crippen LogP contribution in [-0.4, -0.2) is 31.4 Å². The van der Waals surface area contributed by atoms with Gasteiger partial charge in [-0.3, -0.25) is 0 Å². The molecule has 3 nitrogen and oxygen atoms in total. The number of methoxy groups -OCH3 is 1. The molecule has 0 aromatic heterocycles. The number of benzene rings is 1. The standard InChI is InChI=1S/C17H27NO2/c1-13(9-15(3)19)11-18-12-14(2)10-16-5-7-17(20-4)8-6-16/h5-8,10,13,15,18-19H,9,11-12H2,1-4H3/b14-10-. The summed E-state index contributed by atoms with van der Waals surface area (Å²) in [4.78, 5) is 0. The van der Waals surface area contributed by atoms with Crippen LogP contribution in [0.1, 0.15) is 32.8 Å². The van der Waals surface area contributed by atoms with Gasteiger partial charge in [0.05, 0.1) is 13.2 Å². The highest BCUT2D eigenvalue weighted by atomic mass is 16.5. The molecule has 1 aromatic rings. The van der Waals surface area contributed by atoms with Crippen molar-refractivity contribution in [1.29, 1.82) is 0 Å². The fourth-order valence-corrected chi connectivity index (χ4v) is 2.22. The van der Waals surface area contributed by atoms with E-state index in [1.54, 1.807) is 7.11 Å². The van der Waals surface area contributed by atoms with Crippen molar-refractivity contribution in [2.45, 2.75) is 33.3 Å². The van der Waals surface area contributed by atoms with Crippen molar-refractivity contribution in [3.63, 3.8) is 0 Å². The second kappa shape index (κ2) is 8.77. The first-order valence-corrected chi connectivity index (χ1v) is 7.21. The molecule has 1 rings (SSSR count). The monoisotopic (exact) mass is 277 g/mol. The lowest BCUT2D eigenvalue weighted by atomic mass is 10.0. The van der Waals surface area contributed by atoms with Crippen LogP contribution in [0.2, 0.25) is 0 Å². The Morgan fingerprint density at radius 3 is 2.50 bits per heavy atom. The SMILES string of the molecule is COc1ccc(/C=C(/C)CNCC(C)CC(C)O)cc1. The third-order valence-corrected chi connectivity index (χ3v) is 3.17. The molecule has 0 aliphatic heterocycles. The molecule has 0 amide bonds. The van der Waals surface area contributed by atoms with E-state index in [0.29, 0.717) is 5.92 Å². The first-order chi connectivity index (χ1) is 9.51. The predicted octanol–water partition coefficient (Wildman–Crippen LogP) is 3.10. The molecule has 0 aliphatic carbocycles. The van der Waals surface area contributed by atoms with Crippen molar-refractivity contribution in [3.8, 4) is 5.75 Å². The highest BCUT2D eigenvalue weighted by Crippen LogP contribution is 2.13. The average molecular weight is 277 g/mol. The van der Waals surface area contributed by atoms with Crippen molar-refractivity contribution in [2.75, 3.05) is 20.2 Å². The predicted molar refractivity (Wildman–Crippen MR) is 85.0 cm³/mol. The number of nitrogens with one attached hydrogen (secondary N) is 1. The van der Waals surface area contributed by atoms with Crippen molar-refractivity contribution in [1.82, 2.24) is 5.32 Å². The lowest BCUT2D eigenvalue weighted by Gasteiger charge is -2.14. The molecule has 2 N–H and O–H groups in total. The molecule has 0 spiro atoms. The van der Waals surface area contributed by atoms with Gasteiger partial charge in [-0.05, 0) is 50.4 Å². The fourth-order valence-electron chi connectivity index (χ4n) is 2.22. The van der Waals surface area contributed by atoms with Crippen molar-refractivity contribution >= 4 is 6.08 Å². The summed E-state index contributed by atoms with van der Waals surface area (Å²) < 4.78 is 5.14. The smallest absolute Gasteiger partial charge is 0.118 e. The Morgan fingerprint density at radius 2 is 1.95 bits per heavy atom. The minimum atomic E-state index is -0.220. The Hall–Kier alpha value is -1.32. The van der Waals surface area contributed by atoms with E-state index >= 15 is 0 Å². The fraction of sp³-hybridized carbons (Fsp3) is 0.529. The summed E-state index contributed by atoms with van der Waals surface area (Å²) in [5.41, 5.74) is 2.47. The van der Waals surface area contributed by atoms with Crippen molar-refractivity contribution in [2.24, 2.45) is 5.92 Å². The molecule has 2 unspecified atom stereocenters. The van der Waals surface area contributed by atoms with E-state index in [4.69, 9.17) is 4.74 Å². The zero-order valence-electron chi connectivity index (χ0n) is 13.0. The Morgan fingerprint density at radius 1 is 1.30 bits per heavy atom. The van der Waals surface area contributed by atoms with Gasteiger partial charge in [-0.15, -0.1) is 0 Å². The molecule has 3 heteroatoms. The van der Waals surface area contributed by atoms with Crippen LogP contribution in [0, 0.1) is 5.92 Å². The molecule has 0 radical (unpaired) electrons. The normalized spacial score (nSPS) is 14.9. The van der Waals surface area contributed by atoms with Crippen LogP contribution in [0.15, 0.2) is 29.8 Å². The molecule has 0 fully saturated rings. The average Bonchev–Trinajstić information content (AvgIpc) is 2.38. The van der Waals surface area contributed by atoms with E-state index in [-0.39, 0.29) is 6.10 Å². The number of hydrogen-bond donors (Lipinski definition) is 2. The Bertz CT molecular complexity index is 410. The van der Waals surface area contributed by atoms with Crippen LogP contribution in [0.25, 0.3) is 6.08 Å². The second-order valence-corrected chi connectivity index (χ2v) is 5.58. The van der Waals surface area contributed by atoms with Gasteiger partial charge >= 0.3 is 0 Å². The number of hydrogen-bond acceptors (Lipinski definition) is 3. The van der Waals surface area contributed by atoms with Gasteiger partial charge < -0.3 is 15.2 Å². The van der Waals surface area contributed by atoms with Crippen LogP contribution in [-0.2, 0) is 0 Å². The molecule has 0 aliphatic rings. The maximum atomic E-state index is 9.32. The number of aliphatic hydroxyl groups excluding tert-OH is 1. The maximum absolute atomic E-state index is 9.32. The summed E-state index contributed by atoms with van der Waals surface area (Å²) in [6, 6.07) is 8.05. The minimum Gasteiger partial charge on any atom is -0.497 e. The Kier molecular flexibility index (Phi) is 7.34. The summed E-state index contributed by atoms with van der Waals surface area (Å²) in [5.74, 6) is 1.37. The summed E-state index contributed by atoms with van der Waals surface area (Å²) in [5, 5.41) is 12.7. The summed E-state index contributed by atoms with van der Waals surface area (Å²) in [6.07, 6.45) is 2.79. The van der Waals surface area contributed by atoms with Gasteiger partial charge in [-0.2, -0.15) is 0 Å². The van der Waals surface area contributed by atoms with Gasteiger partial charge in [0.2, 0.25) is 0 Å². The van der Waals surface area contributed by atoms with Crippen LogP contribution < -0.4 is 10.1 Å². The highest BCUT2D eigenvalue weighted by Gasteiger charge is 2.05. The molecule has 0 heterocycles. The third kappa shape index (κ3) is 6.73. The highest BCUT2D eigenvalue weighted by molar-refractivity contribution is 5.53. The molecule has 112 valence electrons. The first-order valence-electron chi connectivity index (χ1n) is 7.21. The van der Waals surface area contributed by atoms with Gasteiger partial charge in [0, 0.05) is 6.54 Å². The van der Waals surface area contributed by atoms with Crippen LogP contribution in [0.3, 0.4) is 0 Å². The molecular weight excluding hydrogens is 250 g/mol. The van der Waals surface area contributed by atoms with Crippen molar-refractivity contribution in [3.05, 3.63) is 35.4 Å². The van der Waals surface area contributed by atoms with Gasteiger partial charge in [-0.1, -0.05) is 30.7 Å². The molecule has 2 atom stereocenters. The van der Waals surface area contributed by atoms with Gasteiger partial charge in [0.25, 0.3) is 0 Å². The van der Waals surface area contributed by atoms with Gasteiger partial charge in [-0.25, -0.2) is 0 Å². The minimum absolute atomic E-state index is 0.220. The third-order valence-electron chi connectivity index (χ3n) is 3.17. The van der Waals surface area contributed by atoms with E-state index in [1.165, 1.54) is 11.1 Å². The van der Waals surface area contributed by atoms with Crippen LogP contribution in [0.4, 0.5) is 0 Å². The van der Waals surface area contributed by atoms with E-state index in [1.807, 2.05) is 19.1 Å². The van der Waals surface area contributed by atoms with Gasteiger partial charge in [0.1, 0.15) is 5.75 Å². The molecular formula is C17H27NO2.